The largest absolute Gasteiger partial charge is 0.497 e. The Balaban J connectivity index is 1.35. The second-order valence-electron chi connectivity index (χ2n) is 6.78. The van der Waals surface area contributed by atoms with Gasteiger partial charge in [0, 0.05) is 4.88 Å². The van der Waals surface area contributed by atoms with E-state index in [2.05, 4.69) is 32.4 Å². The lowest BCUT2D eigenvalue weighted by Crippen LogP contribution is -2.29. The lowest BCUT2D eigenvalue weighted by Gasteiger charge is -2.22. The number of amides is 1. The molecule has 0 bridgehead atoms. The molecule has 0 saturated carbocycles. The second-order valence-corrected chi connectivity index (χ2v) is 7.77. The van der Waals surface area contributed by atoms with E-state index in [9.17, 15) is 4.79 Å². The van der Waals surface area contributed by atoms with E-state index in [0.717, 1.165) is 47.7 Å². The lowest BCUT2D eigenvalue weighted by molar-refractivity contribution is 0.0946. The number of carbonyl (C=O) groups is 1. The van der Waals surface area contributed by atoms with Crippen molar-refractivity contribution in [2.75, 3.05) is 20.2 Å². The first kappa shape index (κ1) is 18.6. The zero-order chi connectivity index (χ0) is 19.3. The van der Waals surface area contributed by atoms with Gasteiger partial charge in [-0.15, -0.1) is 16.4 Å². The number of methoxy groups -OCH3 is 1. The summed E-state index contributed by atoms with van der Waals surface area (Å²) in [7, 11) is 1.66. The maximum atomic E-state index is 12.4. The van der Waals surface area contributed by atoms with Crippen LogP contribution in [0.1, 0.15) is 34.2 Å². The number of piperidine rings is 1. The third-order valence-electron chi connectivity index (χ3n) is 4.93. The standard InChI is InChI=1S/C20H23N5O2S/c1-27-17-4-2-14(3-5-17)15-10-18(28-13-15)11-22-20(26)19-12-25(24-23-19)16-6-8-21-9-7-16/h2-5,10,12-13,16,21H,6-9,11H2,1H3,(H,22,26). The van der Waals surface area contributed by atoms with Gasteiger partial charge in [-0.2, -0.15) is 0 Å². The molecule has 1 amide bonds. The molecule has 2 aromatic heterocycles. The normalized spacial score (nSPS) is 14.8. The fourth-order valence-corrected chi connectivity index (χ4v) is 4.13. The summed E-state index contributed by atoms with van der Waals surface area (Å²) >= 11 is 1.63. The summed E-state index contributed by atoms with van der Waals surface area (Å²) in [6, 6.07) is 10.4. The first-order valence-corrected chi connectivity index (χ1v) is 10.2. The van der Waals surface area contributed by atoms with Crippen molar-refractivity contribution in [2.45, 2.75) is 25.4 Å². The number of ether oxygens (including phenoxy) is 1. The number of hydrogen-bond acceptors (Lipinski definition) is 6. The van der Waals surface area contributed by atoms with E-state index in [1.807, 2.05) is 28.9 Å². The summed E-state index contributed by atoms with van der Waals surface area (Å²) in [5.74, 6) is 0.642. The molecule has 2 N–H and O–H groups in total. The molecule has 0 unspecified atom stereocenters. The summed E-state index contributed by atoms with van der Waals surface area (Å²) < 4.78 is 7.02. The maximum Gasteiger partial charge on any atom is 0.273 e. The number of benzene rings is 1. The molecule has 3 aromatic rings. The number of nitrogens with zero attached hydrogens (tertiary/aromatic N) is 3. The van der Waals surface area contributed by atoms with Crippen LogP contribution < -0.4 is 15.4 Å². The van der Waals surface area contributed by atoms with E-state index in [-0.39, 0.29) is 5.91 Å². The first-order valence-electron chi connectivity index (χ1n) is 9.35. The van der Waals surface area contributed by atoms with Crippen LogP contribution in [0.4, 0.5) is 0 Å². The zero-order valence-corrected chi connectivity index (χ0v) is 16.5. The van der Waals surface area contributed by atoms with Gasteiger partial charge >= 0.3 is 0 Å². The van der Waals surface area contributed by atoms with Crippen molar-refractivity contribution in [1.82, 2.24) is 25.6 Å². The number of carbonyl (C=O) groups excluding carboxylic acids is 1. The Morgan fingerprint density at radius 1 is 1.29 bits per heavy atom. The van der Waals surface area contributed by atoms with Gasteiger partial charge < -0.3 is 15.4 Å². The molecule has 146 valence electrons. The molecule has 0 radical (unpaired) electrons. The van der Waals surface area contributed by atoms with Crippen LogP contribution in [-0.4, -0.2) is 41.1 Å². The number of aromatic nitrogens is 3. The van der Waals surface area contributed by atoms with Crippen LogP contribution in [0.25, 0.3) is 11.1 Å². The molecule has 0 spiro atoms. The van der Waals surface area contributed by atoms with Crippen molar-refractivity contribution in [1.29, 1.82) is 0 Å². The van der Waals surface area contributed by atoms with Crippen LogP contribution in [0.2, 0.25) is 0 Å². The molecule has 1 aromatic carbocycles. The van der Waals surface area contributed by atoms with Crippen LogP contribution in [-0.2, 0) is 6.54 Å². The molecular weight excluding hydrogens is 374 g/mol. The van der Waals surface area contributed by atoms with Crippen molar-refractivity contribution in [3.8, 4) is 16.9 Å². The summed E-state index contributed by atoms with van der Waals surface area (Å²) in [5.41, 5.74) is 2.62. The molecule has 1 aliphatic rings. The highest BCUT2D eigenvalue weighted by molar-refractivity contribution is 7.10. The predicted molar refractivity (Wildman–Crippen MR) is 109 cm³/mol. The number of thiophene rings is 1. The van der Waals surface area contributed by atoms with Crippen LogP contribution in [0.5, 0.6) is 5.75 Å². The summed E-state index contributed by atoms with van der Waals surface area (Å²) in [6.07, 6.45) is 3.77. The van der Waals surface area contributed by atoms with Crippen LogP contribution in [0, 0.1) is 0 Å². The van der Waals surface area contributed by atoms with Crippen molar-refractivity contribution in [3.63, 3.8) is 0 Å². The minimum Gasteiger partial charge on any atom is -0.497 e. The minimum atomic E-state index is -0.195. The minimum absolute atomic E-state index is 0.195. The van der Waals surface area contributed by atoms with Crippen LogP contribution in [0.15, 0.2) is 41.9 Å². The molecule has 4 rings (SSSR count). The van der Waals surface area contributed by atoms with Gasteiger partial charge in [-0.1, -0.05) is 17.3 Å². The second kappa shape index (κ2) is 8.53. The Kier molecular flexibility index (Phi) is 5.68. The van der Waals surface area contributed by atoms with Gasteiger partial charge in [0.2, 0.25) is 0 Å². The van der Waals surface area contributed by atoms with Crippen molar-refractivity contribution < 1.29 is 9.53 Å². The predicted octanol–water partition coefficient (Wildman–Crippen LogP) is 2.87. The molecule has 3 heterocycles. The van der Waals surface area contributed by atoms with Gasteiger partial charge in [0.05, 0.1) is 25.9 Å². The Morgan fingerprint density at radius 3 is 2.82 bits per heavy atom. The smallest absolute Gasteiger partial charge is 0.273 e. The molecule has 8 heteroatoms. The Morgan fingerprint density at radius 2 is 2.07 bits per heavy atom. The zero-order valence-electron chi connectivity index (χ0n) is 15.7. The monoisotopic (exact) mass is 397 g/mol. The summed E-state index contributed by atoms with van der Waals surface area (Å²) in [6.45, 7) is 2.42. The molecular formula is C20H23N5O2S. The molecule has 0 aliphatic carbocycles. The highest BCUT2D eigenvalue weighted by Gasteiger charge is 2.18. The highest BCUT2D eigenvalue weighted by atomic mass is 32.1. The fourth-order valence-electron chi connectivity index (χ4n) is 3.30. The van der Waals surface area contributed by atoms with E-state index in [0.29, 0.717) is 18.3 Å². The average Bonchev–Trinajstić information content (AvgIpc) is 3.43. The molecule has 0 atom stereocenters. The quantitative estimate of drug-likeness (QED) is 0.668. The Hall–Kier alpha value is -2.71. The van der Waals surface area contributed by atoms with Gasteiger partial charge in [-0.3, -0.25) is 4.79 Å². The van der Waals surface area contributed by atoms with Crippen molar-refractivity contribution >= 4 is 17.2 Å². The third kappa shape index (κ3) is 4.23. The van der Waals surface area contributed by atoms with Gasteiger partial charge in [-0.05, 0) is 60.6 Å². The molecule has 7 nitrogen and oxygen atoms in total. The maximum absolute atomic E-state index is 12.4. The van der Waals surface area contributed by atoms with E-state index < -0.39 is 0 Å². The van der Waals surface area contributed by atoms with E-state index >= 15 is 0 Å². The molecule has 28 heavy (non-hydrogen) atoms. The fraction of sp³-hybridized carbons (Fsp3) is 0.350. The Labute approximate surface area is 167 Å². The van der Waals surface area contributed by atoms with Crippen LogP contribution >= 0.6 is 11.3 Å². The van der Waals surface area contributed by atoms with E-state index in [1.165, 1.54) is 0 Å². The van der Waals surface area contributed by atoms with Crippen molar-refractivity contribution in [3.05, 3.63) is 52.5 Å². The first-order chi connectivity index (χ1) is 13.7. The molecule has 1 saturated heterocycles. The summed E-state index contributed by atoms with van der Waals surface area (Å²) in [4.78, 5) is 13.5. The van der Waals surface area contributed by atoms with Crippen LogP contribution in [0.3, 0.4) is 0 Å². The number of hydrogen-bond donors (Lipinski definition) is 2. The highest BCUT2D eigenvalue weighted by Crippen LogP contribution is 2.27. The van der Waals surface area contributed by atoms with E-state index in [4.69, 9.17) is 4.74 Å². The number of rotatable bonds is 6. The van der Waals surface area contributed by atoms with Gasteiger partial charge in [0.25, 0.3) is 5.91 Å². The lowest BCUT2D eigenvalue weighted by atomic mass is 10.1. The number of nitrogens with one attached hydrogen (secondary N) is 2. The average molecular weight is 398 g/mol. The van der Waals surface area contributed by atoms with Gasteiger partial charge in [0.15, 0.2) is 5.69 Å². The summed E-state index contributed by atoms with van der Waals surface area (Å²) in [5, 5.41) is 16.5. The topological polar surface area (TPSA) is 81.1 Å². The third-order valence-corrected chi connectivity index (χ3v) is 5.86. The SMILES string of the molecule is COc1ccc(-c2csc(CNC(=O)c3cn(C4CCNCC4)nn3)c2)cc1. The van der Waals surface area contributed by atoms with Crippen molar-refractivity contribution in [2.24, 2.45) is 0 Å². The Bertz CT molecular complexity index is 928. The molecule has 1 aliphatic heterocycles. The molecule has 1 fully saturated rings. The van der Waals surface area contributed by atoms with Gasteiger partial charge in [0.1, 0.15) is 5.75 Å². The van der Waals surface area contributed by atoms with Gasteiger partial charge in [-0.25, -0.2) is 4.68 Å². The van der Waals surface area contributed by atoms with E-state index in [1.54, 1.807) is 24.6 Å².